The van der Waals surface area contributed by atoms with Gasteiger partial charge in [0.1, 0.15) is 0 Å². The van der Waals surface area contributed by atoms with Gasteiger partial charge in [-0.3, -0.25) is 4.79 Å². The normalized spacial score (nSPS) is 19.1. The third-order valence-corrected chi connectivity index (χ3v) is 3.95. The third kappa shape index (κ3) is 2.69. The van der Waals surface area contributed by atoms with Crippen molar-refractivity contribution in [2.24, 2.45) is 0 Å². The number of nitrogens with zero attached hydrogens (tertiary/aromatic N) is 1. The molecule has 4 heteroatoms. The van der Waals surface area contributed by atoms with E-state index in [1.807, 2.05) is 24.3 Å². The molecular weight excluding hydrogens is 282 g/mol. The Hall–Kier alpha value is -0.870. The highest BCUT2D eigenvalue weighted by atomic mass is 79.9. The summed E-state index contributed by atoms with van der Waals surface area (Å²) in [5.74, 6) is 0.0860. The van der Waals surface area contributed by atoms with E-state index in [2.05, 4.69) is 15.9 Å². The van der Waals surface area contributed by atoms with Crippen molar-refractivity contribution < 1.29 is 9.90 Å². The van der Waals surface area contributed by atoms with Gasteiger partial charge in [0, 0.05) is 24.5 Å². The van der Waals surface area contributed by atoms with Crippen molar-refractivity contribution in [3.63, 3.8) is 0 Å². The molecule has 0 saturated carbocycles. The Morgan fingerprint density at radius 3 is 2.29 bits per heavy atom. The molecule has 1 amide bonds. The fourth-order valence-electron chi connectivity index (χ4n) is 2.24. The van der Waals surface area contributed by atoms with Gasteiger partial charge in [0.05, 0.1) is 5.60 Å². The van der Waals surface area contributed by atoms with E-state index in [9.17, 15) is 9.90 Å². The Kier molecular flexibility index (Phi) is 3.54. The molecule has 1 aliphatic rings. The van der Waals surface area contributed by atoms with Crippen LogP contribution in [0.3, 0.4) is 0 Å². The lowest BCUT2D eigenvalue weighted by Crippen LogP contribution is -2.44. The number of hydrogen-bond acceptors (Lipinski definition) is 2. The Bertz CT molecular complexity index is 408. The van der Waals surface area contributed by atoms with Crippen molar-refractivity contribution in [3.05, 3.63) is 34.3 Å². The van der Waals surface area contributed by atoms with E-state index in [0.29, 0.717) is 25.9 Å². The minimum Gasteiger partial charge on any atom is -0.385 e. The van der Waals surface area contributed by atoms with E-state index in [1.54, 1.807) is 11.8 Å². The molecule has 1 aromatic rings. The zero-order chi connectivity index (χ0) is 12.5. The van der Waals surface area contributed by atoms with Crippen LogP contribution < -0.4 is 0 Å². The van der Waals surface area contributed by atoms with Gasteiger partial charge < -0.3 is 10.0 Å². The Labute approximate surface area is 110 Å². The van der Waals surface area contributed by atoms with Crippen LogP contribution in [0, 0.1) is 0 Å². The summed E-state index contributed by atoms with van der Waals surface area (Å²) in [6.07, 6.45) is 1.21. The average Bonchev–Trinajstić information content (AvgIpc) is 2.30. The van der Waals surface area contributed by atoms with E-state index >= 15 is 0 Å². The molecule has 1 N–H and O–H groups in total. The topological polar surface area (TPSA) is 40.5 Å². The SMILES string of the molecule is CC(=O)N1CCC(O)(c2ccc(Br)cc2)CC1. The van der Waals surface area contributed by atoms with Gasteiger partial charge in [-0.15, -0.1) is 0 Å². The van der Waals surface area contributed by atoms with E-state index < -0.39 is 5.60 Å². The maximum atomic E-state index is 11.2. The van der Waals surface area contributed by atoms with Crippen LogP contribution in [-0.2, 0) is 10.4 Å². The summed E-state index contributed by atoms with van der Waals surface area (Å²) >= 11 is 3.38. The number of likely N-dealkylation sites (tertiary alicyclic amines) is 1. The molecule has 0 atom stereocenters. The van der Waals surface area contributed by atoms with E-state index in [-0.39, 0.29) is 5.91 Å². The molecule has 1 saturated heterocycles. The number of hydrogen-bond donors (Lipinski definition) is 1. The molecule has 1 fully saturated rings. The lowest BCUT2D eigenvalue weighted by molar-refractivity contribution is -0.133. The number of carbonyl (C=O) groups excluding carboxylic acids is 1. The second-order valence-electron chi connectivity index (χ2n) is 4.54. The van der Waals surface area contributed by atoms with Crippen LogP contribution in [-0.4, -0.2) is 29.0 Å². The molecular formula is C13H16BrNO2. The number of piperidine rings is 1. The molecule has 0 aliphatic carbocycles. The van der Waals surface area contributed by atoms with Gasteiger partial charge in [-0.2, -0.15) is 0 Å². The van der Waals surface area contributed by atoms with Crippen molar-refractivity contribution in [2.45, 2.75) is 25.4 Å². The summed E-state index contributed by atoms with van der Waals surface area (Å²) in [4.78, 5) is 13.0. The van der Waals surface area contributed by atoms with Gasteiger partial charge in [0.25, 0.3) is 0 Å². The first-order valence-corrected chi connectivity index (χ1v) is 6.54. The quantitative estimate of drug-likeness (QED) is 0.864. The van der Waals surface area contributed by atoms with Gasteiger partial charge >= 0.3 is 0 Å². The molecule has 3 nitrogen and oxygen atoms in total. The summed E-state index contributed by atoms with van der Waals surface area (Å²) in [7, 11) is 0. The predicted octanol–water partition coefficient (Wildman–Crippen LogP) is 2.28. The van der Waals surface area contributed by atoms with Crippen LogP contribution in [0.4, 0.5) is 0 Å². The minimum atomic E-state index is -0.785. The van der Waals surface area contributed by atoms with Crippen molar-refractivity contribution in [2.75, 3.05) is 13.1 Å². The van der Waals surface area contributed by atoms with Gasteiger partial charge in [0.15, 0.2) is 0 Å². The molecule has 1 heterocycles. The van der Waals surface area contributed by atoms with E-state index in [1.165, 1.54) is 0 Å². The second-order valence-corrected chi connectivity index (χ2v) is 5.46. The van der Waals surface area contributed by atoms with Gasteiger partial charge in [0.2, 0.25) is 5.91 Å². The molecule has 17 heavy (non-hydrogen) atoms. The average molecular weight is 298 g/mol. The van der Waals surface area contributed by atoms with E-state index in [4.69, 9.17) is 0 Å². The fraction of sp³-hybridized carbons (Fsp3) is 0.462. The maximum absolute atomic E-state index is 11.2. The van der Waals surface area contributed by atoms with Crippen LogP contribution in [0.1, 0.15) is 25.3 Å². The summed E-state index contributed by atoms with van der Waals surface area (Å²) < 4.78 is 1.01. The number of aliphatic hydroxyl groups is 1. The Morgan fingerprint density at radius 1 is 1.29 bits per heavy atom. The molecule has 2 rings (SSSR count). The second kappa shape index (κ2) is 4.78. The molecule has 92 valence electrons. The van der Waals surface area contributed by atoms with Crippen LogP contribution in [0.2, 0.25) is 0 Å². The van der Waals surface area contributed by atoms with Gasteiger partial charge in [-0.25, -0.2) is 0 Å². The molecule has 0 aromatic heterocycles. The van der Waals surface area contributed by atoms with Gasteiger partial charge in [-0.1, -0.05) is 28.1 Å². The monoisotopic (exact) mass is 297 g/mol. The molecule has 1 aromatic carbocycles. The summed E-state index contributed by atoms with van der Waals surface area (Å²) in [6.45, 7) is 2.83. The highest BCUT2D eigenvalue weighted by Crippen LogP contribution is 2.33. The molecule has 0 spiro atoms. The predicted molar refractivity (Wildman–Crippen MR) is 69.5 cm³/mol. The first kappa shape index (κ1) is 12.6. The summed E-state index contributed by atoms with van der Waals surface area (Å²) in [5.41, 5.74) is 0.149. The molecule has 0 radical (unpaired) electrons. The lowest BCUT2D eigenvalue weighted by atomic mass is 9.84. The number of benzene rings is 1. The zero-order valence-electron chi connectivity index (χ0n) is 9.82. The maximum Gasteiger partial charge on any atom is 0.219 e. The fourth-order valence-corrected chi connectivity index (χ4v) is 2.50. The number of halogens is 1. The first-order valence-electron chi connectivity index (χ1n) is 5.75. The van der Waals surface area contributed by atoms with Crippen molar-refractivity contribution in [1.29, 1.82) is 0 Å². The Morgan fingerprint density at radius 2 is 1.82 bits per heavy atom. The Balaban J connectivity index is 2.11. The molecule has 0 unspecified atom stereocenters. The van der Waals surface area contributed by atoms with Crippen molar-refractivity contribution in [3.8, 4) is 0 Å². The van der Waals surface area contributed by atoms with Crippen LogP contribution >= 0.6 is 15.9 Å². The zero-order valence-corrected chi connectivity index (χ0v) is 11.4. The minimum absolute atomic E-state index is 0.0860. The lowest BCUT2D eigenvalue weighted by Gasteiger charge is -2.38. The van der Waals surface area contributed by atoms with Crippen LogP contribution in [0.5, 0.6) is 0 Å². The largest absolute Gasteiger partial charge is 0.385 e. The smallest absolute Gasteiger partial charge is 0.219 e. The standard InChI is InChI=1S/C13H16BrNO2/c1-10(16)15-8-6-13(17,7-9-15)11-2-4-12(14)5-3-11/h2-5,17H,6-9H2,1H3. The highest BCUT2D eigenvalue weighted by Gasteiger charge is 2.34. The third-order valence-electron chi connectivity index (χ3n) is 3.42. The van der Waals surface area contributed by atoms with Crippen LogP contribution in [0.25, 0.3) is 0 Å². The number of amides is 1. The number of rotatable bonds is 1. The van der Waals surface area contributed by atoms with Gasteiger partial charge in [-0.05, 0) is 30.5 Å². The number of carbonyl (C=O) groups is 1. The van der Waals surface area contributed by atoms with Crippen LogP contribution in [0.15, 0.2) is 28.7 Å². The summed E-state index contributed by atoms with van der Waals surface area (Å²) in [5, 5.41) is 10.6. The van der Waals surface area contributed by atoms with E-state index in [0.717, 1.165) is 10.0 Å². The first-order chi connectivity index (χ1) is 8.01. The highest BCUT2D eigenvalue weighted by molar-refractivity contribution is 9.10. The van der Waals surface area contributed by atoms with Crippen molar-refractivity contribution in [1.82, 2.24) is 4.90 Å². The summed E-state index contributed by atoms with van der Waals surface area (Å²) in [6, 6.07) is 7.75. The van der Waals surface area contributed by atoms with Crippen molar-refractivity contribution >= 4 is 21.8 Å². The molecule has 1 aliphatic heterocycles. The molecule has 0 bridgehead atoms.